The van der Waals surface area contributed by atoms with Crippen LogP contribution in [0.2, 0.25) is 0 Å². The van der Waals surface area contributed by atoms with Gasteiger partial charge in [-0.05, 0) is 63.9 Å². The summed E-state index contributed by atoms with van der Waals surface area (Å²) in [7, 11) is 0. The fourth-order valence-electron chi connectivity index (χ4n) is 7.90. The Morgan fingerprint density at radius 3 is 1.82 bits per heavy atom. The minimum Gasteiger partial charge on any atom is -0.458 e. The van der Waals surface area contributed by atoms with E-state index in [1.54, 1.807) is 0 Å². The Hall–Kier alpha value is -5.78. The molecule has 1 aromatic heterocycles. The van der Waals surface area contributed by atoms with Gasteiger partial charge in [0.1, 0.15) is 23.0 Å². The van der Waals surface area contributed by atoms with Gasteiger partial charge in [-0.25, -0.2) is 0 Å². The molecule has 0 bridgehead atoms. The quantitative estimate of drug-likeness (QED) is 0.173. The topological polar surface area (TPSA) is 21.7 Å². The second-order valence-electron chi connectivity index (χ2n) is 14.5. The number of hydrogen-bond donors (Lipinski definition) is 0. The SMILES string of the molecule is CC(C)(C)c1ccc(N(c2cc3c4c(c2)Oc2ccccc2B4c2ccccc2O3)c2ccc3c(sc4ccccc43)c2-c2ccccc2)cc1. The molecule has 244 valence electrons. The van der Waals surface area contributed by atoms with Crippen LogP contribution >= 0.6 is 11.3 Å². The molecule has 0 spiro atoms. The van der Waals surface area contributed by atoms with Crippen molar-refractivity contribution in [1.82, 2.24) is 0 Å². The molecule has 10 rings (SSSR count). The summed E-state index contributed by atoms with van der Waals surface area (Å²) in [6, 6.07) is 54.4. The van der Waals surface area contributed by atoms with E-state index in [2.05, 4.69) is 177 Å². The van der Waals surface area contributed by atoms with E-state index in [0.717, 1.165) is 56.4 Å². The van der Waals surface area contributed by atoms with E-state index < -0.39 is 0 Å². The van der Waals surface area contributed by atoms with Gasteiger partial charge in [-0.15, -0.1) is 11.3 Å². The zero-order chi connectivity index (χ0) is 34.3. The lowest BCUT2D eigenvalue weighted by molar-refractivity contribution is 0.465. The number of benzene rings is 7. The van der Waals surface area contributed by atoms with Crippen molar-refractivity contribution in [3.05, 3.63) is 157 Å². The maximum Gasteiger partial charge on any atom is 0.260 e. The Bertz CT molecular complexity index is 2570. The summed E-state index contributed by atoms with van der Waals surface area (Å²) < 4.78 is 16.1. The van der Waals surface area contributed by atoms with Crippen LogP contribution < -0.4 is 30.8 Å². The largest absolute Gasteiger partial charge is 0.458 e. The summed E-state index contributed by atoms with van der Waals surface area (Å²) >= 11 is 1.86. The van der Waals surface area contributed by atoms with Crippen LogP contribution in [0.3, 0.4) is 0 Å². The Morgan fingerprint density at radius 1 is 0.549 bits per heavy atom. The van der Waals surface area contributed by atoms with Crippen LogP contribution in [0.25, 0.3) is 31.3 Å². The van der Waals surface area contributed by atoms with E-state index in [1.165, 1.54) is 36.9 Å². The Kier molecular flexibility index (Phi) is 6.71. The van der Waals surface area contributed by atoms with Crippen LogP contribution in [-0.2, 0) is 5.41 Å². The summed E-state index contributed by atoms with van der Waals surface area (Å²) in [6.45, 7) is 6.81. The summed E-state index contributed by atoms with van der Waals surface area (Å²) in [5.74, 6) is 3.41. The molecule has 0 amide bonds. The molecule has 51 heavy (non-hydrogen) atoms. The highest BCUT2D eigenvalue weighted by Gasteiger charge is 2.40. The van der Waals surface area contributed by atoms with Crippen molar-refractivity contribution >= 4 is 71.7 Å². The highest BCUT2D eigenvalue weighted by atomic mass is 32.1. The van der Waals surface area contributed by atoms with Gasteiger partial charge < -0.3 is 14.4 Å². The number of fused-ring (bicyclic) bond motifs is 7. The lowest BCUT2D eigenvalue weighted by Crippen LogP contribution is -2.57. The van der Waals surface area contributed by atoms with Crippen molar-refractivity contribution in [2.45, 2.75) is 26.2 Å². The standard InChI is InChI=1S/C46H34BNO2S/c1-46(2,3)30-21-23-31(24-22-30)48(37-26-25-34-33-15-7-12-20-42(33)51-45(34)43(37)29-13-5-4-6-14-29)32-27-40-44-41(28-32)50-39-19-11-9-17-36(39)47(44)35-16-8-10-18-38(35)49-40/h4-28H,1-3H3. The molecule has 8 aromatic rings. The number of thiophene rings is 1. The third kappa shape index (κ3) is 4.80. The Labute approximate surface area is 302 Å². The molecule has 3 heterocycles. The van der Waals surface area contributed by atoms with Gasteiger partial charge in [0.25, 0.3) is 6.71 Å². The lowest BCUT2D eigenvalue weighted by atomic mass is 9.35. The number of hydrogen-bond acceptors (Lipinski definition) is 4. The predicted molar refractivity (Wildman–Crippen MR) is 216 cm³/mol. The molecule has 5 heteroatoms. The third-order valence-electron chi connectivity index (χ3n) is 10.4. The van der Waals surface area contributed by atoms with Gasteiger partial charge in [0.15, 0.2) is 0 Å². The summed E-state index contributed by atoms with van der Waals surface area (Å²) in [6.07, 6.45) is 0. The van der Waals surface area contributed by atoms with E-state index in [1.807, 2.05) is 11.3 Å². The van der Waals surface area contributed by atoms with Crippen LogP contribution in [0.1, 0.15) is 26.3 Å². The first-order chi connectivity index (χ1) is 24.9. The molecule has 0 fully saturated rings. The van der Waals surface area contributed by atoms with Crippen LogP contribution in [0.5, 0.6) is 23.0 Å². The average Bonchev–Trinajstić information content (AvgIpc) is 3.53. The number of para-hydroxylation sites is 2. The van der Waals surface area contributed by atoms with Gasteiger partial charge in [-0.3, -0.25) is 0 Å². The maximum atomic E-state index is 6.79. The van der Waals surface area contributed by atoms with Gasteiger partial charge in [-0.2, -0.15) is 0 Å². The van der Waals surface area contributed by atoms with E-state index >= 15 is 0 Å². The van der Waals surface area contributed by atoms with Gasteiger partial charge in [0.05, 0.1) is 11.4 Å². The number of nitrogens with zero attached hydrogens (tertiary/aromatic N) is 1. The number of anilines is 3. The smallest absolute Gasteiger partial charge is 0.260 e. The van der Waals surface area contributed by atoms with E-state index in [-0.39, 0.29) is 12.1 Å². The summed E-state index contributed by atoms with van der Waals surface area (Å²) in [5, 5.41) is 2.55. The predicted octanol–water partition coefficient (Wildman–Crippen LogP) is 11.2. The zero-order valence-electron chi connectivity index (χ0n) is 28.7. The fourth-order valence-corrected chi connectivity index (χ4v) is 9.16. The van der Waals surface area contributed by atoms with E-state index in [9.17, 15) is 0 Å². The number of rotatable bonds is 4. The molecule has 2 aliphatic rings. The molecule has 0 atom stereocenters. The molecular weight excluding hydrogens is 641 g/mol. The first kappa shape index (κ1) is 30.1. The maximum absolute atomic E-state index is 6.79. The van der Waals surface area contributed by atoms with Gasteiger partial charge in [0.2, 0.25) is 0 Å². The first-order valence-electron chi connectivity index (χ1n) is 17.5. The molecule has 0 saturated heterocycles. The lowest BCUT2D eigenvalue weighted by Gasteiger charge is -2.35. The molecule has 0 N–H and O–H groups in total. The van der Waals surface area contributed by atoms with Crippen molar-refractivity contribution < 1.29 is 9.47 Å². The van der Waals surface area contributed by atoms with E-state index in [0.29, 0.717) is 0 Å². The summed E-state index contributed by atoms with van der Waals surface area (Å²) in [5.41, 5.74) is 10.2. The van der Waals surface area contributed by atoms with Crippen LogP contribution in [-0.4, -0.2) is 6.71 Å². The van der Waals surface area contributed by atoms with Crippen molar-refractivity contribution in [2.24, 2.45) is 0 Å². The third-order valence-corrected chi connectivity index (χ3v) is 11.6. The molecule has 0 radical (unpaired) electrons. The molecule has 0 unspecified atom stereocenters. The van der Waals surface area contributed by atoms with Crippen molar-refractivity contribution in [3.63, 3.8) is 0 Å². The highest BCUT2D eigenvalue weighted by molar-refractivity contribution is 7.26. The number of ether oxygens (including phenoxy) is 2. The van der Waals surface area contributed by atoms with Crippen LogP contribution in [0, 0.1) is 0 Å². The van der Waals surface area contributed by atoms with E-state index in [4.69, 9.17) is 9.47 Å². The van der Waals surface area contributed by atoms with Crippen LogP contribution in [0.15, 0.2) is 152 Å². The monoisotopic (exact) mass is 675 g/mol. The molecule has 3 nitrogen and oxygen atoms in total. The van der Waals surface area contributed by atoms with Crippen LogP contribution in [0.4, 0.5) is 17.1 Å². The van der Waals surface area contributed by atoms with Crippen molar-refractivity contribution in [3.8, 4) is 34.1 Å². The molecule has 7 aromatic carbocycles. The molecule has 2 aliphatic heterocycles. The second-order valence-corrected chi connectivity index (χ2v) is 15.6. The first-order valence-corrected chi connectivity index (χ1v) is 18.4. The van der Waals surface area contributed by atoms with Gasteiger partial charge in [0, 0.05) is 49.0 Å². The molecule has 0 saturated carbocycles. The Morgan fingerprint density at radius 2 is 1.16 bits per heavy atom. The minimum absolute atomic E-state index is 0.0215. The van der Waals surface area contributed by atoms with Gasteiger partial charge >= 0.3 is 0 Å². The van der Waals surface area contributed by atoms with Gasteiger partial charge in [-0.1, -0.05) is 124 Å². The fraction of sp³-hybridized carbons (Fsp3) is 0.0870. The second kappa shape index (κ2) is 11.4. The summed E-state index contributed by atoms with van der Waals surface area (Å²) in [4.78, 5) is 2.39. The highest BCUT2D eigenvalue weighted by Crippen LogP contribution is 2.50. The average molecular weight is 676 g/mol. The van der Waals surface area contributed by atoms with Crippen molar-refractivity contribution in [2.75, 3.05) is 4.90 Å². The minimum atomic E-state index is 0.0215. The Balaban J connectivity index is 1.26. The normalized spacial score (nSPS) is 12.9. The molecule has 0 aliphatic carbocycles. The van der Waals surface area contributed by atoms with Crippen molar-refractivity contribution in [1.29, 1.82) is 0 Å². The zero-order valence-corrected chi connectivity index (χ0v) is 29.5. The molecular formula is C46H34BNO2S.